The molecule has 24 heavy (non-hydrogen) atoms. The molecule has 2 aromatic carbocycles. The van der Waals surface area contributed by atoms with Gasteiger partial charge in [0.1, 0.15) is 17.2 Å². The summed E-state index contributed by atoms with van der Waals surface area (Å²) in [6.07, 6.45) is -3.17. The van der Waals surface area contributed by atoms with Crippen LogP contribution in [0.2, 0.25) is 0 Å². The van der Waals surface area contributed by atoms with E-state index in [4.69, 9.17) is 0 Å². The normalized spacial score (nSPS) is 11.5. The topological polar surface area (TPSA) is 47.3 Å². The molecule has 1 aromatic heterocycles. The van der Waals surface area contributed by atoms with Crippen molar-refractivity contribution in [3.8, 4) is 33.9 Å². The number of ether oxygens (including phenoxy) is 1. The highest BCUT2D eigenvalue weighted by molar-refractivity contribution is 5.83. The third-order valence-electron chi connectivity index (χ3n) is 3.37. The second kappa shape index (κ2) is 5.92. The van der Waals surface area contributed by atoms with E-state index in [2.05, 4.69) is 9.84 Å². The van der Waals surface area contributed by atoms with Gasteiger partial charge in [0.15, 0.2) is 0 Å². The number of nitrogens with zero attached hydrogens (tertiary/aromatic N) is 2. The standard InChI is InChI=1S/C17H13F3N2O2/c1-22-10-14(16(21-22)11-5-3-2-4-6-11)13-9-12(7-8-15(13)23)24-17(18,19)20/h2-10,23H,1H3. The fourth-order valence-corrected chi connectivity index (χ4v) is 2.42. The van der Waals surface area contributed by atoms with Crippen LogP contribution in [0.4, 0.5) is 13.2 Å². The number of aromatic nitrogens is 2. The van der Waals surface area contributed by atoms with Crippen LogP contribution in [0.15, 0.2) is 54.7 Å². The van der Waals surface area contributed by atoms with Crippen molar-refractivity contribution in [3.63, 3.8) is 0 Å². The number of aromatic hydroxyl groups is 1. The van der Waals surface area contributed by atoms with E-state index >= 15 is 0 Å². The first-order valence-electron chi connectivity index (χ1n) is 7.02. The molecule has 0 fully saturated rings. The molecule has 0 aliphatic rings. The number of halogens is 3. The summed E-state index contributed by atoms with van der Waals surface area (Å²) in [7, 11) is 1.70. The Kier molecular flexibility index (Phi) is 3.92. The molecule has 1 heterocycles. The van der Waals surface area contributed by atoms with E-state index in [0.717, 1.165) is 23.8 Å². The molecule has 4 nitrogen and oxygen atoms in total. The van der Waals surface area contributed by atoms with E-state index in [1.54, 1.807) is 13.2 Å². The molecule has 0 saturated heterocycles. The zero-order valence-corrected chi connectivity index (χ0v) is 12.6. The molecule has 7 heteroatoms. The SMILES string of the molecule is Cn1cc(-c2cc(OC(F)(F)F)ccc2O)c(-c2ccccc2)n1. The van der Waals surface area contributed by atoms with Gasteiger partial charge >= 0.3 is 6.36 Å². The second-order valence-corrected chi connectivity index (χ2v) is 5.16. The molecular weight excluding hydrogens is 321 g/mol. The van der Waals surface area contributed by atoms with Crippen LogP contribution in [0.1, 0.15) is 0 Å². The lowest BCUT2D eigenvalue weighted by Crippen LogP contribution is -2.17. The number of hydrogen-bond donors (Lipinski definition) is 1. The Hall–Kier alpha value is -2.96. The molecule has 0 bridgehead atoms. The zero-order valence-electron chi connectivity index (χ0n) is 12.6. The van der Waals surface area contributed by atoms with Gasteiger partial charge in [0.05, 0.1) is 0 Å². The van der Waals surface area contributed by atoms with E-state index in [1.165, 1.54) is 4.68 Å². The quantitative estimate of drug-likeness (QED) is 0.774. The van der Waals surface area contributed by atoms with Gasteiger partial charge < -0.3 is 9.84 Å². The predicted molar refractivity (Wildman–Crippen MR) is 82.4 cm³/mol. The van der Waals surface area contributed by atoms with E-state index in [0.29, 0.717) is 11.3 Å². The molecule has 3 aromatic rings. The maximum absolute atomic E-state index is 12.4. The molecule has 124 valence electrons. The van der Waals surface area contributed by atoms with Gasteiger partial charge in [-0.3, -0.25) is 4.68 Å². The molecule has 3 rings (SSSR count). The van der Waals surface area contributed by atoms with E-state index in [9.17, 15) is 18.3 Å². The molecule has 0 radical (unpaired) electrons. The van der Waals surface area contributed by atoms with Crippen LogP contribution in [0.5, 0.6) is 11.5 Å². The summed E-state index contributed by atoms with van der Waals surface area (Å²) < 4.78 is 42.7. The number of alkyl halides is 3. The summed E-state index contributed by atoms with van der Waals surface area (Å²) in [4.78, 5) is 0. The highest BCUT2D eigenvalue weighted by Gasteiger charge is 2.31. The first-order valence-corrected chi connectivity index (χ1v) is 7.02. The third kappa shape index (κ3) is 3.34. The smallest absolute Gasteiger partial charge is 0.507 e. The van der Waals surface area contributed by atoms with Crippen LogP contribution >= 0.6 is 0 Å². The molecule has 0 saturated carbocycles. The fourth-order valence-electron chi connectivity index (χ4n) is 2.42. The molecular formula is C17H13F3N2O2. The van der Waals surface area contributed by atoms with Crippen LogP contribution < -0.4 is 4.74 Å². The summed E-state index contributed by atoms with van der Waals surface area (Å²) in [6, 6.07) is 12.5. The minimum atomic E-state index is -4.80. The third-order valence-corrected chi connectivity index (χ3v) is 3.37. The van der Waals surface area contributed by atoms with Crippen LogP contribution in [-0.4, -0.2) is 21.2 Å². The highest BCUT2D eigenvalue weighted by atomic mass is 19.4. The van der Waals surface area contributed by atoms with Crippen LogP contribution in [0.3, 0.4) is 0 Å². The molecule has 0 spiro atoms. The maximum atomic E-state index is 12.4. The Morgan fingerprint density at radius 1 is 1.04 bits per heavy atom. The van der Waals surface area contributed by atoms with Crippen LogP contribution in [0, 0.1) is 0 Å². The van der Waals surface area contributed by atoms with Gasteiger partial charge in [-0.1, -0.05) is 30.3 Å². The van der Waals surface area contributed by atoms with Crippen LogP contribution in [0.25, 0.3) is 22.4 Å². The molecule has 0 aliphatic carbocycles. The minimum absolute atomic E-state index is 0.158. The fraction of sp³-hybridized carbons (Fsp3) is 0.118. The summed E-state index contributed by atoms with van der Waals surface area (Å²) in [5, 5.41) is 14.4. The molecule has 0 amide bonds. The van der Waals surface area contributed by atoms with Crippen LogP contribution in [-0.2, 0) is 7.05 Å². The van der Waals surface area contributed by atoms with Crippen molar-refractivity contribution in [1.82, 2.24) is 9.78 Å². The molecule has 1 N–H and O–H groups in total. The lowest BCUT2D eigenvalue weighted by molar-refractivity contribution is -0.274. The van der Waals surface area contributed by atoms with Gasteiger partial charge in [-0.25, -0.2) is 0 Å². The van der Waals surface area contributed by atoms with Crippen molar-refractivity contribution in [1.29, 1.82) is 0 Å². The monoisotopic (exact) mass is 334 g/mol. The average molecular weight is 334 g/mol. The zero-order chi connectivity index (χ0) is 17.3. The van der Waals surface area contributed by atoms with Crippen molar-refractivity contribution >= 4 is 0 Å². The Balaban J connectivity index is 2.11. The largest absolute Gasteiger partial charge is 0.573 e. The van der Waals surface area contributed by atoms with Gasteiger partial charge in [0, 0.05) is 29.9 Å². The molecule has 0 unspecified atom stereocenters. The number of rotatable bonds is 3. The summed E-state index contributed by atoms with van der Waals surface area (Å²) in [5.74, 6) is -0.562. The van der Waals surface area contributed by atoms with Gasteiger partial charge in [0.2, 0.25) is 0 Å². The van der Waals surface area contributed by atoms with Gasteiger partial charge in [-0.2, -0.15) is 5.10 Å². The Morgan fingerprint density at radius 3 is 2.42 bits per heavy atom. The van der Waals surface area contributed by atoms with E-state index in [-0.39, 0.29) is 11.3 Å². The van der Waals surface area contributed by atoms with Crippen molar-refractivity contribution in [2.45, 2.75) is 6.36 Å². The second-order valence-electron chi connectivity index (χ2n) is 5.16. The van der Waals surface area contributed by atoms with E-state index < -0.39 is 12.1 Å². The lowest BCUT2D eigenvalue weighted by atomic mass is 10.0. The first-order chi connectivity index (χ1) is 11.3. The Morgan fingerprint density at radius 2 is 1.75 bits per heavy atom. The predicted octanol–water partition coefficient (Wildman–Crippen LogP) is 4.36. The number of benzene rings is 2. The highest BCUT2D eigenvalue weighted by Crippen LogP contribution is 2.38. The minimum Gasteiger partial charge on any atom is -0.507 e. The van der Waals surface area contributed by atoms with Crippen molar-refractivity contribution < 1.29 is 23.0 Å². The number of phenolic OH excluding ortho intramolecular Hbond substituents is 1. The first kappa shape index (κ1) is 15.9. The van der Waals surface area contributed by atoms with Crippen molar-refractivity contribution in [2.75, 3.05) is 0 Å². The molecule has 0 atom stereocenters. The van der Waals surface area contributed by atoms with Gasteiger partial charge in [-0.05, 0) is 18.2 Å². The maximum Gasteiger partial charge on any atom is 0.573 e. The lowest BCUT2D eigenvalue weighted by Gasteiger charge is -2.11. The average Bonchev–Trinajstić information content (AvgIpc) is 2.90. The summed E-state index contributed by atoms with van der Waals surface area (Å²) in [6.45, 7) is 0. The summed E-state index contributed by atoms with van der Waals surface area (Å²) in [5.41, 5.74) is 2.06. The van der Waals surface area contributed by atoms with Gasteiger partial charge in [-0.15, -0.1) is 13.2 Å². The number of hydrogen-bond acceptors (Lipinski definition) is 3. The van der Waals surface area contributed by atoms with Crippen molar-refractivity contribution in [3.05, 3.63) is 54.7 Å². The Labute approximate surface area is 135 Å². The number of phenols is 1. The Bertz CT molecular complexity index is 858. The van der Waals surface area contributed by atoms with Crippen molar-refractivity contribution in [2.24, 2.45) is 7.05 Å². The van der Waals surface area contributed by atoms with E-state index in [1.807, 2.05) is 30.3 Å². The summed E-state index contributed by atoms with van der Waals surface area (Å²) >= 11 is 0. The van der Waals surface area contributed by atoms with Gasteiger partial charge in [0.25, 0.3) is 0 Å². The number of aryl methyl sites for hydroxylation is 1. The molecule has 0 aliphatic heterocycles.